The topological polar surface area (TPSA) is 417 Å². The van der Waals surface area contributed by atoms with Gasteiger partial charge in [0.25, 0.3) is 0 Å². The first-order chi connectivity index (χ1) is 39.0. The second-order valence-electron chi connectivity index (χ2n) is 25.5. The van der Waals surface area contributed by atoms with Crippen molar-refractivity contribution in [3.63, 3.8) is 0 Å². The standard InChI is InChI=1S/C54H84O28S.Na/c1-20(2)31-25-15-53(7)23-9-10-29-51(4,5)30(12-13-52(29,6)22(23)11-14-54(31,53)50(66)76-25)77-48-43(34(60)28(19-72-48)82-83(67,68)69)81-49-44(80-46-36(62)35(61)32(58)26(16-55)74-46)37(63)40(21(3)73-49)78-47-39(65)42(33(59)27(17-56)75-47)79-45-38(64)41(70-8)24(57)18-71-45;/h9,21-22,24-49,55-65H,1,10-19H2,2-8H3,(H,67,68,69);/q;+1/p-1/t21-,22?,24-,25+,26-,27-,28-,29?,30+,31+,32-,33-,34+,35+,36-,37+,38-,39-,40-,41+,42+,43-,44-,45+,46+,47+,48+,49+,52-,53+,54-;/m1./s1. The fourth-order valence-electron chi connectivity index (χ4n) is 16.4. The number of carbonyl (C=O) groups excluding carboxylic acids is 1. The third-order valence-electron chi connectivity index (χ3n) is 20.6. The van der Waals surface area contributed by atoms with Crippen LogP contribution in [-0.2, 0) is 76.2 Å². The monoisotopic (exact) mass is 1230 g/mol. The summed E-state index contributed by atoms with van der Waals surface area (Å²) in [7, 11) is -4.29. The van der Waals surface area contributed by atoms with Crippen LogP contribution < -0.4 is 29.6 Å². The molecule has 11 N–H and O–H groups in total. The molecule has 0 amide bonds. The van der Waals surface area contributed by atoms with Crippen LogP contribution in [0.15, 0.2) is 23.8 Å². The molecule has 0 aromatic carbocycles. The van der Waals surface area contributed by atoms with E-state index in [1.54, 1.807) is 0 Å². The number of carbonyl (C=O) groups is 1. The largest absolute Gasteiger partial charge is 1.00 e. The average molecular weight is 1240 g/mol. The van der Waals surface area contributed by atoms with Crippen molar-refractivity contribution in [1.82, 2.24) is 0 Å². The van der Waals surface area contributed by atoms with E-state index < -0.39 is 194 Å². The molecule has 6 heterocycles. The molecule has 474 valence electrons. The summed E-state index contributed by atoms with van der Waals surface area (Å²) in [5.41, 5.74) is 0.134. The Kier molecular flexibility index (Phi) is 20.2. The molecule has 2 unspecified atom stereocenters. The molecule has 31 atom stereocenters. The van der Waals surface area contributed by atoms with Gasteiger partial charge in [-0.05, 0) is 75.0 Å². The number of ether oxygens (including phenoxy) is 12. The number of methoxy groups -OCH3 is 1. The van der Waals surface area contributed by atoms with Crippen molar-refractivity contribution in [3.8, 4) is 0 Å². The zero-order valence-electron chi connectivity index (χ0n) is 48.3. The molecule has 10 rings (SSSR count). The number of fused-ring (bicyclic) bond motifs is 5. The van der Waals surface area contributed by atoms with Crippen LogP contribution in [0.1, 0.15) is 80.1 Å². The number of aliphatic hydroxyl groups excluding tert-OH is 11. The van der Waals surface area contributed by atoms with Crippen LogP contribution in [0.3, 0.4) is 0 Å². The summed E-state index contributed by atoms with van der Waals surface area (Å²) in [6, 6.07) is 0. The molecule has 1 spiro atoms. The second-order valence-corrected chi connectivity index (χ2v) is 26.5. The van der Waals surface area contributed by atoms with Gasteiger partial charge in [-0.1, -0.05) is 51.5 Å². The number of hydrogen-bond acceptors (Lipinski definition) is 28. The smallest absolute Gasteiger partial charge is 0.726 e. The maximum atomic E-state index is 13.8. The maximum Gasteiger partial charge on any atom is 1.00 e. The Labute approximate surface area is 508 Å². The van der Waals surface area contributed by atoms with Crippen molar-refractivity contribution >= 4 is 16.4 Å². The van der Waals surface area contributed by atoms with E-state index in [2.05, 4.69) is 40.3 Å². The summed E-state index contributed by atoms with van der Waals surface area (Å²) in [6.07, 6.45) is -35.7. The van der Waals surface area contributed by atoms with E-state index in [0.717, 1.165) is 12.0 Å². The molecule has 0 aromatic heterocycles. The fourth-order valence-corrected chi connectivity index (χ4v) is 16.9. The van der Waals surface area contributed by atoms with Gasteiger partial charge in [-0.2, -0.15) is 0 Å². The fraction of sp³-hybridized carbons (Fsp3) is 0.907. The van der Waals surface area contributed by atoms with Gasteiger partial charge in [-0.15, -0.1) is 0 Å². The quantitative estimate of drug-likeness (QED) is 0.0225. The maximum absolute atomic E-state index is 13.8. The molecule has 6 aliphatic heterocycles. The van der Waals surface area contributed by atoms with Gasteiger partial charge in [0, 0.05) is 18.4 Å². The van der Waals surface area contributed by atoms with E-state index in [9.17, 15) is 73.9 Å². The molecule has 30 heteroatoms. The number of allylic oxidation sites excluding steroid dienone is 2. The van der Waals surface area contributed by atoms with Crippen LogP contribution in [0.5, 0.6) is 0 Å². The minimum atomic E-state index is -5.51. The van der Waals surface area contributed by atoms with E-state index in [-0.39, 0.29) is 71.4 Å². The Morgan fingerprint density at radius 1 is 0.702 bits per heavy atom. The van der Waals surface area contributed by atoms with E-state index in [0.29, 0.717) is 32.1 Å². The SMILES string of the molecule is C=C(C)[C@H]1[C@@H]2C[C@@]3(C)C4=CCC5C(C)(C)[C@@H](O[C@@H]6OC[C@@H](OS(=O)(=O)[O-])[C@H](O)[C@H]6O[C@@H]6O[C@H](C)[C@@H](O[C@@H]7O[C@H](CO)[C@@H](O)[C@H](O[C@@H]8OC[C@@H](O)[C@H](OC)[C@H]8O)[C@H]7O)[C@H](O)[C@H]6O[C@@H]6O[C@H](CO)[C@@H](O)[C@H](O)[C@H]6O)CC[C@]5(C)C4CC[C@]13C(=O)O2.[Na+]. The Morgan fingerprint density at radius 2 is 1.30 bits per heavy atom. The van der Waals surface area contributed by atoms with Gasteiger partial charge < -0.3 is 118 Å². The van der Waals surface area contributed by atoms with E-state index in [4.69, 9.17) is 61.0 Å². The molecule has 9 fully saturated rings. The molecule has 0 aromatic rings. The van der Waals surface area contributed by atoms with Gasteiger partial charge in [0.15, 0.2) is 31.5 Å². The molecule has 6 saturated heterocycles. The Balaban J connectivity index is 0.00000846. The summed E-state index contributed by atoms with van der Waals surface area (Å²) in [6.45, 7) is 13.4. The summed E-state index contributed by atoms with van der Waals surface area (Å²) in [4.78, 5) is 13.8. The van der Waals surface area contributed by atoms with Gasteiger partial charge >= 0.3 is 35.5 Å². The molecule has 10 aliphatic rings. The van der Waals surface area contributed by atoms with Crippen molar-refractivity contribution in [2.45, 2.75) is 234 Å². The number of hydrogen-bond donors (Lipinski definition) is 11. The zero-order valence-corrected chi connectivity index (χ0v) is 51.1. The predicted molar refractivity (Wildman–Crippen MR) is 272 cm³/mol. The van der Waals surface area contributed by atoms with Gasteiger partial charge in [-0.3, -0.25) is 8.98 Å². The first-order valence-electron chi connectivity index (χ1n) is 28.5. The number of esters is 1. The van der Waals surface area contributed by atoms with Crippen molar-refractivity contribution in [3.05, 3.63) is 23.8 Å². The molecule has 3 saturated carbocycles. The van der Waals surface area contributed by atoms with Gasteiger partial charge in [0.1, 0.15) is 110 Å². The minimum Gasteiger partial charge on any atom is -0.726 e. The molecule has 2 bridgehead atoms. The van der Waals surface area contributed by atoms with Crippen LogP contribution in [0.25, 0.3) is 0 Å². The van der Waals surface area contributed by atoms with Crippen LogP contribution >= 0.6 is 0 Å². The van der Waals surface area contributed by atoms with Crippen LogP contribution in [0.4, 0.5) is 0 Å². The van der Waals surface area contributed by atoms with Crippen molar-refractivity contribution < 1.29 is 165 Å². The van der Waals surface area contributed by atoms with Crippen LogP contribution in [0, 0.1) is 39.4 Å². The van der Waals surface area contributed by atoms with E-state index >= 15 is 0 Å². The van der Waals surface area contributed by atoms with Gasteiger partial charge in [0.05, 0.1) is 44.1 Å². The van der Waals surface area contributed by atoms with E-state index in [1.165, 1.54) is 19.6 Å². The van der Waals surface area contributed by atoms with Crippen molar-refractivity contribution in [1.29, 1.82) is 0 Å². The summed E-state index contributed by atoms with van der Waals surface area (Å²) in [5, 5.41) is 122. The third kappa shape index (κ3) is 11.4. The summed E-state index contributed by atoms with van der Waals surface area (Å²) in [5.74, 6) is -0.141. The molecular formula is C54H83NaO28S. The number of aliphatic hydroxyl groups is 11. The molecule has 0 radical (unpaired) electrons. The molecule has 84 heavy (non-hydrogen) atoms. The third-order valence-corrected chi connectivity index (χ3v) is 21.0. The Morgan fingerprint density at radius 3 is 1.94 bits per heavy atom. The van der Waals surface area contributed by atoms with Crippen LogP contribution in [0.2, 0.25) is 0 Å². The minimum absolute atomic E-state index is 0. The first kappa shape index (κ1) is 67.3. The average Bonchev–Trinajstić information content (AvgIpc) is 1.55. The van der Waals surface area contributed by atoms with E-state index in [1.807, 2.05) is 6.92 Å². The number of rotatable bonds is 16. The summed E-state index contributed by atoms with van der Waals surface area (Å²) < 4.78 is 113. The zero-order chi connectivity index (χ0) is 60.4. The van der Waals surface area contributed by atoms with Gasteiger partial charge in [-0.25, -0.2) is 8.42 Å². The van der Waals surface area contributed by atoms with Gasteiger partial charge in [0.2, 0.25) is 10.4 Å². The summed E-state index contributed by atoms with van der Waals surface area (Å²) >= 11 is 0. The Bertz CT molecular complexity index is 2490. The van der Waals surface area contributed by atoms with Crippen molar-refractivity contribution in [2.24, 2.45) is 39.4 Å². The first-order valence-corrected chi connectivity index (χ1v) is 29.9. The second kappa shape index (κ2) is 25.2. The van der Waals surface area contributed by atoms with Crippen molar-refractivity contribution in [2.75, 3.05) is 33.5 Å². The molecule has 28 nitrogen and oxygen atoms in total. The normalized spacial score (nSPS) is 51.8. The Hall–Kier alpha value is -1.06. The van der Waals surface area contributed by atoms with Crippen LogP contribution in [-0.4, -0.2) is 262 Å². The molecule has 4 aliphatic carbocycles. The molecular weight excluding hydrogens is 1150 g/mol. The predicted octanol–water partition coefficient (Wildman–Crippen LogP) is -6.39.